The summed E-state index contributed by atoms with van der Waals surface area (Å²) < 4.78 is 28.0. The Balaban J connectivity index is 1.75. The van der Waals surface area contributed by atoms with Crippen LogP contribution in [0.5, 0.6) is 0 Å². The van der Waals surface area contributed by atoms with Gasteiger partial charge < -0.3 is 15.3 Å². The predicted octanol–water partition coefficient (Wildman–Crippen LogP) is 1.90. The van der Waals surface area contributed by atoms with Crippen LogP contribution in [0.4, 0.5) is 14.5 Å². The lowest BCUT2D eigenvalue weighted by molar-refractivity contribution is -0.149. The third-order valence-corrected chi connectivity index (χ3v) is 5.06. The summed E-state index contributed by atoms with van der Waals surface area (Å²) in [5.41, 5.74) is -2.25. The molecule has 2 aromatic rings. The van der Waals surface area contributed by atoms with Crippen molar-refractivity contribution < 1.29 is 23.5 Å². The van der Waals surface area contributed by atoms with Gasteiger partial charge in [0.2, 0.25) is 5.60 Å². The van der Waals surface area contributed by atoms with Gasteiger partial charge in [0.25, 0.3) is 11.8 Å². The molecule has 1 aliphatic rings. The maximum Gasteiger partial charge on any atom is 0.268 e. The number of rotatable bonds is 4. The van der Waals surface area contributed by atoms with Crippen LogP contribution in [0.25, 0.3) is 0 Å². The third kappa shape index (κ3) is 3.68. The molecule has 27 heavy (non-hydrogen) atoms. The van der Waals surface area contributed by atoms with Crippen LogP contribution in [0.3, 0.4) is 0 Å². The molecular formula is C18H16ClF2N2O3P. The zero-order valence-electron chi connectivity index (χ0n) is 14.0. The second-order valence-corrected chi connectivity index (χ2v) is 7.25. The molecule has 2 unspecified atom stereocenters. The first-order valence-corrected chi connectivity index (χ1v) is 9.00. The number of benzene rings is 2. The smallest absolute Gasteiger partial charge is 0.268 e. The normalized spacial score (nSPS) is 19.4. The summed E-state index contributed by atoms with van der Waals surface area (Å²) in [5, 5.41) is 13.4. The van der Waals surface area contributed by atoms with Gasteiger partial charge in [0.1, 0.15) is 11.6 Å². The Morgan fingerprint density at radius 1 is 1.33 bits per heavy atom. The number of anilines is 1. The van der Waals surface area contributed by atoms with Gasteiger partial charge in [-0.3, -0.25) is 9.59 Å². The van der Waals surface area contributed by atoms with Gasteiger partial charge in [-0.05, 0) is 23.5 Å². The van der Waals surface area contributed by atoms with Gasteiger partial charge in [-0.15, -0.1) is 9.24 Å². The van der Waals surface area contributed by atoms with Crippen LogP contribution in [-0.2, 0) is 16.1 Å². The first-order chi connectivity index (χ1) is 12.7. The molecule has 2 aromatic carbocycles. The number of nitrogens with one attached hydrogen (secondary N) is 1. The van der Waals surface area contributed by atoms with Crippen LogP contribution in [0.1, 0.15) is 12.0 Å². The second-order valence-electron chi connectivity index (χ2n) is 6.17. The fraction of sp³-hybridized carbons (Fsp3) is 0.222. The van der Waals surface area contributed by atoms with E-state index in [9.17, 15) is 23.5 Å². The average molecular weight is 413 g/mol. The Kier molecular flexibility index (Phi) is 5.47. The fourth-order valence-corrected chi connectivity index (χ4v) is 3.33. The maximum absolute atomic E-state index is 14.1. The number of nitrogens with zero attached hydrogens (tertiary/aromatic N) is 1. The van der Waals surface area contributed by atoms with Crippen molar-refractivity contribution in [2.24, 2.45) is 0 Å². The summed E-state index contributed by atoms with van der Waals surface area (Å²) in [7, 11) is 2.34. The topological polar surface area (TPSA) is 69.6 Å². The van der Waals surface area contributed by atoms with Crippen molar-refractivity contribution in [2.75, 3.05) is 11.4 Å². The van der Waals surface area contributed by atoms with E-state index in [0.29, 0.717) is 5.30 Å². The molecule has 142 valence electrons. The molecule has 2 amide bonds. The van der Waals surface area contributed by atoms with Crippen LogP contribution < -0.4 is 15.5 Å². The van der Waals surface area contributed by atoms with E-state index in [1.165, 1.54) is 30.3 Å². The lowest BCUT2D eigenvalue weighted by atomic mass is 10.0. The fourth-order valence-electron chi connectivity index (χ4n) is 2.89. The SMILES string of the molecule is O=C(NCc1cccc(Cl)c1F)C1(O)CCN(c2ccc(P)cc2F)C1=O. The Hall–Kier alpha value is -2.08. The van der Waals surface area contributed by atoms with Crippen LogP contribution in [0.15, 0.2) is 36.4 Å². The summed E-state index contributed by atoms with van der Waals surface area (Å²) in [5.74, 6) is -3.23. The van der Waals surface area contributed by atoms with Crippen LogP contribution >= 0.6 is 20.8 Å². The largest absolute Gasteiger partial charge is 0.372 e. The van der Waals surface area contributed by atoms with Crippen molar-refractivity contribution in [2.45, 2.75) is 18.6 Å². The summed E-state index contributed by atoms with van der Waals surface area (Å²) >= 11 is 5.68. The van der Waals surface area contributed by atoms with Crippen molar-refractivity contribution in [3.63, 3.8) is 0 Å². The predicted molar refractivity (Wildman–Crippen MR) is 101 cm³/mol. The summed E-state index contributed by atoms with van der Waals surface area (Å²) in [4.78, 5) is 26.0. The van der Waals surface area contributed by atoms with Crippen molar-refractivity contribution in [3.05, 3.63) is 58.6 Å². The number of carbonyl (C=O) groups excluding carboxylic acids is 2. The molecule has 0 radical (unpaired) electrons. The molecule has 0 spiro atoms. The lowest BCUT2D eigenvalue weighted by Crippen LogP contribution is -2.52. The molecule has 9 heteroatoms. The molecule has 0 bridgehead atoms. The van der Waals surface area contributed by atoms with Crippen LogP contribution in [0.2, 0.25) is 5.02 Å². The van der Waals surface area contributed by atoms with Crippen LogP contribution in [0, 0.1) is 11.6 Å². The van der Waals surface area contributed by atoms with Crippen molar-refractivity contribution in [1.82, 2.24) is 5.32 Å². The number of aliphatic hydroxyl groups is 1. The third-order valence-electron chi connectivity index (χ3n) is 4.41. The minimum Gasteiger partial charge on any atom is -0.372 e. The first-order valence-electron chi connectivity index (χ1n) is 8.04. The molecule has 2 N–H and O–H groups in total. The number of hydrogen-bond donors (Lipinski definition) is 2. The highest BCUT2D eigenvalue weighted by Gasteiger charge is 2.52. The Morgan fingerprint density at radius 3 is 2.78 bits per heavy atom. The van der Waals surface area contributed by atoms with Crippen molar-refractivity contribution >= 4 is 43.6 Å². The van der Waals surface area contributed by atoms with Crippen molar-refractivity contribution in [1.29, 1.82) is 0 Å². The van der Waals surface area contributed by atoms with Crippen LogP contribution in [-0.4, -0.2) is 29.1 Å². The van der Waals surface area contributed by atoms with Gasteiger partial charge in [0, 0.05) is 25.1 Å². The number of hydrogen-bond acceptors (Lipinski definition) is 3. The molecule has 1 aliphatic heterocycles. The molecule has 0 saturated carbocycles. The van der Waals surface area contributed by atoms with Gasteiger partial charge in [-0.2, -0.15) is 0 Å². The van der Waals surface area contributed by atoms with Gasteiger partial charge in [0.15, 0.2) is 0 Å². The first kappa shape index (κ1) is 19.7. The highest BCUT2D eigenvalue weighted by Crippen LogP contribution is 2.30. The summed E-state index contributed by atoms with van der Waals surface area (Å²) in [6, 6.07) is 8.53. The molecule has 0 aromatic heterocycles. The van der Waals surface area contributed by atoms with E-state index in [1.807, 2.05) is 0 Å². The molecule has 1 heterocycles. The standard InChI is InChI=1S/C18H16ClF2N2O3P/c19-12-3-1-2-10(15(12)21)9-22-16(24)18(26)6-7-23(17(18)25)14-5-4-11(27)8-13(14)20/h1-5,8,26H,6-7,9,27H2,(H,22,24). The molecule has 0 aliphatic carbocycles. The van der Waals surface area contributed by atoms with E-state index >= 15 is 0 Å². The number of halogens is 3. The Labute approximate surface area is 161 Å². The molecule has 1 fully saturated rings. The highest BCUT2D eigenvalue weighted by atomic mass is 35.5. The minimum absolute atomic E-state index is 0.0178. The molecule has 1 saturated heterocycles. The van der Waals surface area contributed by atoms with E-state index in [4.69, 9.17) is 11.6 Å². The second kappa shape index (κ2) is 7.50. The lowest BCUT2D eigenvalue weighted by Gasteiger charge is -2.22. The van der Waals surface area contributed by atoms with Crippen molar-refractivity contribution in [3.8, 4) is 0 Å². The monoisotopic (exact) mass is 412 g/mol. The van der Waals surface area contributed by atoms with E-state index in [-0.39, 0.29) is 35.8 Å². The minimum atomic E-state index is -2.35. The number of carbonyl (C=O) groups is 2. The zero-order chi connectivity index (χ0) is 19.8. The Morgan fingerprint density at radius 2 is 2.07 bits per heavy atom. The average Bonchev–Trinajstić information content (AvgIpc) is 2.93. The van der Waals surface area contributed by atoms with E-state index < -0.39 is 29.0 Å². The maximum atomic E-state index is 14.1. The van der Waals surface area contributed by atoms with E-state index in [0.717, 1.165) is 4.90 Å². The van der Waals surface area contributed by atoms with E-state index in [1.54, 1.807) is 6.07 Å². The quantitative estimate of drug-likeness (QED) is 0.595. The molecule has 5 nitrogen and oxygen atoms in total. The highest BCUT2D eigenvalue weighted by molar-refractivity contribution is 7.27. The molecular weight excluding hydrogens is 397 g/mol. The molecule has 2 atom stereocenters. The van der Waals surface area contributed by atoms with Gasteiger partial charge >= 0.3 is 0 Å². The molecule has 3 rings (SSSR count). The zero-order valence-corrected chi connectivity index (χ0v) is 15.9. The van der Waals surface area contributed by atoms with E-state index in [2.05, 4.69) is 14.6 Å². The Bertz CT molecular complexity index is 927. The summed E-state index contributed by atoms with van der Waals surface area (Å²) in [6.45, 7) is -0.279. The summed E-state index contributed by atoms with van der Waals surface area (Å²) in [6.07, 6.45) is -0.211. The number of amides is 2. The van der Waals surface area contributed by atoms with Gasteiger partial charge in [-0.25, -0.2) is 8.78 Å². The van der Waals surface area contributed by atoms with Gasteiger partial charge in [-0.1, -0.05) is 29.8 Å². The van der Waals surface area contributed by atoms with Gasteiger partial charge in [0.05, 0.1) is 10.7 Å².